The molecule has 0 saturated heterocycles. The van der Waals surface area contributed by atoms with E-state index < -0.39 is 0 Å². The molecule has 0 aliphatic carbocycles. The molecule has 1 aromatic carbocycles. The first-order valence-electron chi connectivity index (χ1n) is 6.38. The molecule has 19 heavy (non-hydrogen) atoms. The normalized spacial score (nSPS) is 10.6. The summed E-state index contributed by atoms with van der Waals surface area (Å²) >= 11 is 1.90. The molecule has 6 heteroatoms. The molecule has 0 aliphatic heterocycles. The minimum Gasteiger partial charge on any atom is -0.385 e. The van der Waals surface area contributed by atoms with E-state index in [9.17, 15) is 0 Å². The van der Waals surface area contributed by atoms with Crippen molar-refractivity contribution in [2.24, 2.45) is 0 Å². The van der Waals surface area contributed by atoms with Crippen molar-refractivity contribution in [2.45, 2.75) is 19.8 Å². The molecular weight excluding hydrogens is 258 g/mol. The van der Waals surface area contributed by atoms with Gasteiger partial charge < -0.3 is 5.32 Å². The molecule has 0 atom stereocenters. The van der Waals surface area contributed by atoms with Crippen LogP contribution in [-0.2, 0) is 0 Å². The van der Waals surface area contributed by atoms with E-state index in [0.717, 1.165) is 17.9 Å². The molecule has 0 fully saturated rings. The molecule has 102 valence electrons. The Morgan fingerprint density at radius 3 is 2.95 bits per heavy atom. The van der Waals surface area contributed by atoms with Crippen LogP contribution in [0.4, 0.5) is 5.69 Å². The van der Waals surface area contributed by atoms with Crippen LogP contribution < -0.4 is 5.32 Å². The summed E-state index contributed by atoms with van der Waals surface area (Å²) in [6, 6.07) is 6.19. The first-order valence-corrected chi connectivity index (χ1v) is 7.77. The fraction of sp³-hybridized carbons (Fsp3) is 0.462. The second-order valence-corrected chi connectivity index (χ2v) is 5.37. The van der Waals surface area contributed by atoms with Gasteiger partial charge in [0.15, 0.2) is 0 Å². The Labute approximate surface area is 117 Å². The third kappa shape index (κ3) is 3.96. The van der Waals surface area contributed by atoms with E-state index in [0.29, 0.717) is 0 Å². The van der Waals surface area contributed by atoms with Gasteiger partial charge in [0.25, 0.3) is 0 Å². The lowest BCUT2D eigenvalue weighted by atomic mass is 10.1. The average Bonchev–Trinajstić information content (AvgIpc) is 2.94. The molecule has 1 heterocycles. The van der Waals surface area contributed by atoms with Crippen molar-refractivity contribution in [2.75, 3.05) is 23.9 Å². The lowest BCUT2D eigenvalue weighted by molar-refractivity contribution is 0.788. The quantitative estimate of drug-likeness (QED) is 0.788. The van der Waals surface area contributed by atoms with E-state index in [2.05, 4.69) is 46.2 Å². The molecule has 0 amide bonds. The van der Waals surface area contributed by atoms with Crippen molar-refractivity contribution < 1.29 is 0 Å². The maximum absolute atomic E-state index is 3.90. The molecule has 5 nitrogen and oxygen atoms in total. The van der Waals surface area contributed by atoms with Crippen LogP contribution in [0.1, 0.15) is 18.4 Å². The van der Waals surface area contributed by atoms with Gasteiger partial charge in [0, 0.05) is 12.2 Å². The Morgan fingerprint density at radius 2 is 2.21 bits per heavy atom. The number of hydrogen-bond donors (Lipinski definition) is 1. The zero-order valence-electron chi connectivity index (χ0n) is 11.3. The zero-order valence-corrected chi connectivity index (χ0v) is 12.2. The first-order chi connectivity index (χ1) is 9.31. The number of rotatable bonds is 7. The van der Waals surface area contributed by atoms with Gasteiger partial charge in [0.1, 0.15) is 6.33 Å². The molecule has 0 bridgehead atoms. The van der Waals surface area contributed by atoms with Crippen LogP contribution in [0.5, 0.6) is 0 Å². The minimum atomic E-state index is 0.974. The molecule has 2 aromatic rings. The summed E-state index contributed by atoms with van der Waals surface area (Å²) in [5, 5.41) is 14.7. The lowest BCUT2D eigenvalue weighted by Gasteiger charge is -2.11. The summed E-state index contributed by atoms with van der Waals surface area (Å²) in [5.41, 5.74) is 3.36. The average molecular weight is 277 g/mol. The highest BCUT2D eigenvalue weighted by Gasteiger charge is 2.02. The Morgan fingerprint density at radius 1 is 1.32 bits per heavy atom. The molecular formula is C13H19N5S. The van der Waals surface area contributed by atoms with Gasteiger partial charge in [0.05, 0.1) is 5.69 Å². The van der Waals surface area contributed by atoms with Crippen LogP contribution in [-0.4, -0.2) is 38.8 Å². The second-order valence-electron chi connectivity index (χ2n) is 4.38. The van der Waals surface area contributed by atoms with Gasteiger partial charge >= 0.3 is 0 Å². The van der Waals surface area contributed by atoms with E-state index in [1.807, 2.05) is 17.8 Å². The van der Waals surface area contributed by atoms with Gasteiger partial charge in [-0.1, -0.05) is 6.07 Å². The summed E-state index contributed by atoms with van der Waals surface area (Å²) in [6.45, 7) is 3.11. The molecule has 2 rings (SSSR count). The highest BCUT2D eigenvalue weighted by atomic mass is 32.2. The molecule has 0 radical (unpaired) electrons. The van der Waals surface area contributed by atoms with Crippen molar-refractivity contribution >= 4 is 17.4 Å². The number of aryl methyl sites for hydroxylation is 1. The van der Waals surface area contributed by atoms with Crippen molar-refractivity contribution in [3.05, 3.63) is 30.1 Å². The molecule has 0 spiro atoms. The number of hydrogen-bond acceptors (Lipinski definition) is 5. The number of thioether (sulfide) groups is 1. The van der Waals surface area contributed by atoms with Crippen molar-refractivity contribution in [1.82, 2.24) is 20.2 Å². The van der Waals surface area contributed by atoms with Crippen molar-refractivity contribution in [1.29, 1.82) is 0 Å². The van der Waals surface area contributed by atoms with Crippen molar-refractivity contribution in [3.63, 3.8) is 0 Å². The van der Waals surface area contributed by atoms with Crippen LogP contribution in [0.3, 0.4) is 0 Å². The molecule has 0 unspecified atom stereocenters. The van der Waals surface area contributed by atoms with Gasteiger partial charge in [-0.15, -0.1) is 5.10 Å². The van der Waals surface area contributed by atoms with Crippen molar-refractivity contribution in [3.8, 4) is 5.69 Å². The highest BCUT2D eigenvalue weighted by molar-refractivity contribution is 7.98. The summed E-state index contributed by atoms with van der Waals surface area (Å²) in [7, 11) is 0. The number of aromatic nitrogens is 4. The number of unbranched alkanes of at least 4 members (excludes halogenated alkanes) is 1. The summed E-state index contributed by atoms with van der Waals surface area (Å²) < 4.78 is 1.67. The van der Waals surface area contributed by atoms with E-state index in [-0.39, 0.29) is 0 Å². The fourth-order valence-corrected chi connectivity index (χ4v) is 2.31. The van der Waals surface area contributed by atoms with Crippen LogP contribution in [0.15, 0.2) is 24.5 Å². The number of tetrazole rings is 1. The number of anilines is 1. The van der Waals surface area contributed by atoms with Gasteiger partial charge in [-0.05, 0) is 59.9 Å². The number of nitrogens with zero attached hydrogens (tertiary/aromatic N) is 4. The predicted molar refractivity (Wildman–Crippen MR) is 80.0 cm³/mol. The highest BCUT2D eigenvalue weighted by Crippen LogP contribution is 2.19. The van der Waals surface area contributed by atoms with E-state index in [1.165, 1.54) is 24.2 Å². The predicted octanol–water partition coefficient (Wildman–Crippen LogP) is 2.53. The van der Waals surface area contributed by atoms with E-state index in [4.69, 9.17) is 0 Å². The third-order valence-corrected chi connectivity index (χ3v) is 3.62. The zero-order chi connectivity index (χ0) is 13.5. The Kier molecular flexibility index (Phi) is 5.20. The van der Waals surface area contributed by atoms with Crippen LogP contribution in [0.25, 0.3) is 5.69 Å². The standard InChI is InChI=1S/C13H19N5S/c1-11-5-6-12(18-10-15-16-17-18)9-13(11)14-7-3-4-8-19-2/h5-6,9-10,14H,3-4,7-8H2,1-2H3. The van der Waals surface area contributed by atoms with E-state index >= 15 is 0 Å². The van der Waals surface area contributed by atoms with Crippen LogP contribution in [0.2, 0.25) is 0 Å². The third-order valence-electron chi connectivity index (χ3n) is 2.93. The van der Waals surface area contributed by atoms with Crippen LogP contribution >= 0.6 is 11.8 Å². The molecule has 0 aliphatic rings. The smallest absolute Gasteiger partial charge is 0.143 e. The lowest BCUT2D eigenvalue weighted by Crippen LogP contribution is -2.05. The van der Waals surface area contributed by atoms with Gasteiger partial charge in [0.2, 0.25) is 0 Å². The Hall–Kier alpha value is -1.56. The topological polar surface area (TPSA) is 55.6 Å². The summed E-state index contributed by atoms with van der Waals surface area (Å²) in [6.07, 6.45) is 6.19. The monoisotopic (exact) mass is 277 g/mol. The van der Waals surface area contributed by atoms with Gasteiger partial charge in [-0.2, -0.15) is 11.8 Å². The maximum atomic E-state index is 3.90. The molecule has 1 aromatic heterocycles. The van der Waals surface area contributed by atoms with E-state index in [1.54, 1.807) is 11.0 Å². The minimum absolute atomic E-state index is 0.974. The van der Waals surface area contributed by atoms with Crippen LogP contribution in [0, 0.1) is 6.92 Å². The Balaban J connectivity index is 1.98. The fourth-order valence-electron chi connectivity index (χ4n) is 1.82. The number of nitrogens with one attached hydrogen (secondary N) is 1. The maximum Gasteiger partial charge on any atom is 0.143 e. The first kappa shape index (κ1) is 13.9. The largest absolute Gasteiger partial charge is 0.385 e. The summed E-state index contributed by atoms with van der Waals surface area (Å²) in [5.74, 6) is 1.23. The Bertz CT molecular complexity index is 498. The SMILES string of the molecule is CSCCCCNc1cc(-n2cnnn2)ccc1C. The second kappa shape index (κ2) is 7.13. The van der Waals surface area contributed by atoms with Gasteiger partial charge in [-0.3, -0.25) is 0 Å². The summed E-state index contributed by atoms with van der Waals surface area (Å²) in [4.78, 5) is 0. The van der Waals surface area contributed by atoms with Gasteiger partial charge in [-0.25, -0.2) is 4.68 Å². The molecule has 0 saturated carbocycles. The molecule has 1 N–H and O–H groups in total. The number of benzene rings is 1.